The maximum Gasteiger partial charge on any atom is 0.391 e. The molecule has 0 spiro atoms. The van der Waals surface area contributed by atoms with Crippen molar-refractivity contribution in [1.29, 1.82) is 0 Å². The molecule has 0 saturated heterocycles. The maximum absolute atomic E-state index is 12.3. The summed E-state index contributed by atoms with van der Waals surface area (Å²) in [5, 5.41) is 12.7. The lowest BCUT2D eigenvalue weighted by molar-refractivity contribution is -0.157. The molecule has 1 aromatic rings. The number of carboxylic acids is 1. The molecule has 1 atom stereocenters. The second-order valence-corrected chi connectivity index (χ2v) is 6.30. The summed E-state index contributed by atoms with van der Waals surface area (Å²) in [4.78, 5) is 10.6. The highest BCUT2D eigenvalue weighted by atomic mass is 32.2. The van der Waals surface area contributed by atoms with E-state index in [9.17, 15) is 26.4 Å². The van der Waals surface area contributed by atoms with Gasteiger partial charge < -0.3 is 5.11 Å². The molecular formula is C11H16F3N3O4S. The Morgan fingerprint density at radius 1 is 1.41 bits per heavy atom. The van der Waals surface area contributed by atoms with E-state index in [0.29, 0.717) is 6.54 Å². The fourth-order valence-electron chi connectivity index (χ4n) is 2.03. The standard InChI is InChI=1S/C11H16F3N3O4S/c1-4-17-7(3)9(6(2)15-17)22(20,21)16-8(10(18)19)5-11(12,13)14/h8,16H,4-5H2,1-3H3,(H,18,19). The summed E-state index contributed by atoms with van der Waals surface area (Å²) >= 11 is 0. The van der Waals surface area contributed by atoms with Crippen LogP contribution >= 0.6 is 0 Å². The molecular weight excluding hydrogens is 327 g/mol. The minimum absolute atomic E-state index is 0.0861. The SMILES string of the molecule is CCn1nc(C)c(S(=O)(=O)NC(CC(F)(F)F)C(=O)O)c1C. The van der Waals surface area contributed by atoms with E-state index in [1.807, 2.05) is 0 Å². The third-order valence-electron chi connectivity index (χ3n) is 2.91. The summed E-state index contributed by atoms with van der Waals surface area (Å²) in [5.74, 6) is -1.90. The van der Waals surface area contributed by atoms with Crippen LogP contribution in [0.25, 0.3) is 0 Å². The second-order valence-electron chi connectivity index (χ2n) is 4.65. The lowest BCUT2D eigenvalue weighted by Crippen LogP contribution is -2.43. The number of rotatable bonds is 6. The molecule has 7 nitrogen and oxygen atoms in total. The van der Waals surface area contributed by atoms with Crippen LogP contribution in [0, 0.1) is 13.8 Å². The van der Waals surface area contributed by atoms with E-state index in [0.717, 1.165) is 0 Å². The molecule has 1 rings (SSSR count). The van der Waals surface area contributed by atoms with Crippen molar-refractivity contribution in [1.82, 2.24) is 14.5 Å². The van der Waals surface area contributed by atoms with Gasteiger partial charge in [-0.1, -0.05) is 0 Å². The third kappa shape index (κ3) is 4.19. The summed E-state index contributed by atoms with van der Waals surface area (Å²) in [5.41, 5.74) is 0.312. The molecule has 2 N–H and O–H groups in total. The zero-order chi connectivity index (χ0) is 17.3. The Kier molecular flexibility index (Phi) is 5.23. The molecule has 1 unspecified atom stereocenters. The van der Waals surface area contributed by atoms with E-state index in [1.165, 1.54) is 18.5 Å². The van der Waals surface area contributed by atoms with Gasteiger partial charge in [0.15, 0.2) is 0 Å². The lowest BCUT2D eigenvalue weighted by Gasteiger charge is -2.16. The number of alkyl halides is 3. The van der Waals surface area contributed by atoms with Gasteiger partial charge in [0, 0.05) is 6.54 Å². The van der Waals surface area contributed by atoms with Crippen molar-refractivity contribution in [2.75, 3.05) is 0 Å². The van der Waals surface area contributed by atoms with E-state index >= 15 is 0 Å². The number of nitrogens with one attached hydrogen (secondary N) is 1. The summed E-state index contributed by atoms with van der Waals surface area (Å²) in [6.45, 7) is 4.91. The van der Waals surface area contributed by atoms with Gasteiger partial charge in [-0.3, -0.25) is 9.48 Å². The van der Waals surface area contributed by atoms with Crippen LogP contribution in [0.2, 0.25) is 0 Å². The van der Waals surface area contributed by atoms with Crippen LogP contribution in [0.5, 0.6) is 0 Å². The van der Waals surface area contributed by atoms with Crippen LogP contribution in [0.15, 0.2) is 4.90 Å². The zero-order valence-corrected chi connectivity index (χ0v) is 12.9. The number of sulfonamides is 1. The smallest absolute Gasteiger partial charge is 0.391 e. The third-order valence-corrected chi connectivity index (χ3v) is 4.64. The fraction of sp³-hybridized carbons (Fsp3) is 0.636. The van der Waals surface area contributed by atoms with Crippen LogP contribution in [0.1, 0.15) is 24.7 Å². The molecule has 0 bridgehead atoms. The molecule has 0 saturated carbocycles. The van der Waals surface area contributed by atoms with Gasteiger partial charge in [-0.25, -0.2) is 8.42 Å². The molecule has 0 aliphatic rings. The Balaban J connectivity index is 3.19. The molecule has 1 aromatic heterocycles. The average Bonchev–Trinajstić information content (AvgIpc) is 2.61. The predicted octanol–water partition coefficient (Wildman–Crippen LogP) is 1.20. The fourth-order valence-corrected chi connectivity index (χ4v) is 3.63. The predicted molar refractivity (Wildman–Crippen MR) is 69.8 cm³/mol. The number of aryl methyl sites for hydroxylation is 2. The highest BCUT2D eigenvalue weighted by Crippen LogP contribution is 2.24. The van der Waals surface area contributed by atoms with E-state index in [1.54, 1.807) is 11.6 Å². The van der Waals surface area contributed by atoms with Crippen LogP contribution < -0.4 is 4.72 Å². The van der Waals surface area contributed by atoms with Gasteiger partial charge in [0.25, 0.3) is 0 Å². The van der Waals surface area contributed by atoms with Crippen LogP contribution in [-0.4, -0.2) is 41.5 Å². The van der Waals surface area contributed by atoms with E-state index in [4.69, 9.17) is 5.11 Å². The Morgan fingerprint density at radius 2 is 1.95 bits per heavy atom. The number of nitrogens with zero attached hydrogens (tertiary/aromatic N) is 2. The van der Waals surface area contributed by atoms with Crippen molar-refractivity contribution in [3.63, 3.8) is 0 Å². The first-order chi connectivity index (χ1) is 9.89. The monoisotopic (exact) mass is 343 g/mol. The van der Waals surface area contributed by atoms with E-state index in [2.05, 4.69) is 5.10 Å². The molecule has 0 aliphatic carbocycles. The van der Waals surface area contributed by atoms with Gasteiger partial charge in [-0.2, -0.15) is 23.0 Å². The second kappa shape index (κ2) is 6.24. The molecule has 22 heavy (non-hydrogen) atoms. The first-order valence-corrected chi connectivity index (χ1v) is 7.73. The van der Waals surface area contributed by atoms with Crippen molar-refractivity contribution in [2.24, 2.45) is 0 Å². The summed E-state index contributed by atoms with van der Waals surface area (Å²) in [6.07, 6.45) is -6.62. The first kappa shape index (κ1) is 18.4. The highest BCUT2D eigenvalue weighted by molar-refractivity contribution is 7.89. The first-order valence-electron chi connectivity index (χ1n) is 6.25. The summed E-state index contributed by atoms with van der Waals surface area (Å²) in [7, 11) is -4.44. The zero-order valence-electron chi connectivity index (χ0n) is 12.1. The largest absolute Gasteiger partial charge is 0.480 e. The Morgan fingerprint density at radius 3 is 2.32 bits per heavy atom. The van der Waals surface area contributed by atoms with Crippen LogP contribution in [-0.2, 0) is 21.4 Å². The average molecular weight is 343 g/mol. The minimum Gasteiger partial charge on any atom is -0.480 e. The molecule has 126 valence electrons. The molecule has 0 aromatic carbocycles. The van der Waals surface area contributed by atoms with Gasteiger partial charge >= 0.3 is 12.1 Å². The number of aromatic nitrogens is 2. The van der Waals surface area contributed by atoms with E-state index < -0.39 is 34.6 Å². The van der Waals surface area contributed by atoms with Crippen molar-refractivity contribution in [3.05, 3.63) is 11.4 Å². The Hall–Kier alpha value is -1.62. The van der Waals surface area contributed by atoms with Gasteiger partial charge in [-0.15, -0.1) is 0 Å². The Bertz CT molecular complexity index is 667. The minimum atomic E-state index is -4.82. The van der Waals surface area contributed by atoms with Gasteiger partial charge in [0.1, 0.15) is 10.9 Å². The number of carbonyl (C=O) groups is 1. The Labute approximate surface area is 125 Å². The van der Waals surface area contributed by atoms with Gasteiger partial charge in [0.05, 0.1) is 17.8 Å². The van der Waals surface area contributed by atoms with Crippen LogP contribution in [0.3, 0.4) is 0 Å². The quantitative estimate of drug-likeness (QED) is 0.808. The molecule has 1 heterocycles. The highest BCUT2D eigenvalue weighted by Gasteiger charge is 2.38. The maximum atomic E-state index is 12.3. The topological polar surface area (TPSA) is 101 Å². The lowest BCUT2D eigenvalue weighted by atomic mass is 10.2. The number of aliphatic carboxylic acids is 1. The normalized spacial score (nSPS) is 14.1. The van der Waals surface area contributed by atoms with Crippen molar-refractivity contribution < 1.29 is 31.5 Å². The molecule has 0 fully saturated rings. The van der Waals surface area contributed by atoms with Gasteiger partial charge in [0.2, 0.25) is 10.0 Å². The number of carboxylic acid groups (broad SMARTS) is 1. The molecule has 0 amide bonds. The number of hydrogen-bond acceptors (Lipinski definition) is 4. The van der Waals surface area contributed by atoms with Crippen molar-refractivity contribution >= 4 is 16.0 Å². The molecule has 0 radical (unpaired) electrons. The number of hydrogen-bond donors (Lipinski definition) is 2. The molecule has 11 heteroatoms. The van der Waals surface area contributed by atoms with E-state index in [-0.39, 0.29) is 16.3 Å². The van der Waals surface area contributed by atoms with Crippen molar-refractivity contribution in [2.45, 2.75) is 50.9 Å². The summed E-state index contributed by atoms with van der Waals surface area (Å²) < 4.78 is 64.4. The number of halogens is 3. The summed E-state index contributed by atoms with van der Waals surface area (Å²) in [6, 6.07) is -2.30. The van der Waals surface area contributed by atoms with Crippen molar-refractivity contribution in [3.8, 4) is 0 Å². The molecule has 0 aliphatic heterocycles. The van der Waals surface area contributed by atoms with Crippen LogP contribution in [0.4, 0.5) is 13.2 Å². The van der Waals surface area contributed by atoms with Gasteiger partial charge in [-0.05, 0) is 20.8 Å².